The molecule has 0 aliphatic carbocycles. The van der Waals surface area contributed by atoms with Crippen LogP contribution in [0.4, 0.5) is 0 Å². The third-order valence-corrected chi connectivity index (χ3v) is 4.95. The quantitative estimate of drug-likeness (QED) is 0.597. The van der Waals surface area contributed by atoms with E-state index in [1.165, 1.54) is 16.5 Å². The van der Waals surface area contributed by atoms with Gasteiger partial charge in [0.2, 0.25) is 0 Å². The monoisotopic (exact) mass is 355 g/mol. The fourth-order valence-corrected chi connectivity index (χ4v) is 3.41. The molecule has 0 bridgehead atoms. The highest BCUT2D eigenvalue weighted by Crippen LogP contribution is 2.36. The third kappa shape index (κ3) is 3.73. The predicted molar refractivity (Wildman–Crippen MR) is 107 cm³/mol. The molecule has 0 atom stereocenters. The van der Waals surface area contributed by atoms with Gasteiger partial charge in [-0.3, -0.25) is 4.98 Å². The molecule has 4 heteroatoms. The van der Waals surface area contributed by atoms with Gasteiger partial charge in [-0.25, -0.2) is 0 Å². The van der Waals surface area contributed by atoms with Gasteiger partial charge in [0.05, 0.1) is 10.7 Å². The second-order valence-corrected chi connectivity index (χ2v) is 7.98. The lowest BCUT2D eigenvalue weighted by atomic mass is 9.86. The van der Waals surface area contributed by atoms with Gasteiger partial charge in [-0.2, -0.15) is 0 Å². The number of rotatable bonds is 5. The van der Waals surface area contributed by atoms with Gasteiger partial charge in [0.25, 0.3) is 0 Å². The zero-order valence-corrected chi connectivity index (χ0v) is 16.0. The minimum Gasteiger partial charge on any atom is -0.353 e. The van der Waals surface area contributed by atoms with Crippen molar-refractivity contribution in [3.05, 3.63) is 52.7 Å². The number of hydrogen-bond acceptors (Lipinski definition) is 2. The van der Waals surface area contributed by atoms with E-state index in [0.717, 1.165) is 42.7 Å². The summed E-state index contributed by atoms with van der Waals surface area (Å²) in [7, 11) is 0. The van der Waals surface area contributed by atoms with Crippen LogP contribution in [0.15, 0.2) is 36.5 Å². The summed E-state index contributed by atoms with van der Waals surface area (Å²) < 4.78 is 0. The molecule has 3 aromatic rings. The highest BCUT2D eigenvalue weighted by Gasteiger charge is 2.19. The van der Waals surface area contributed by atoms with Crippen molar-refractivity contribution in [1.29, 1.82) is 0 Å². The molecule has 3 N–H and O–H groups in total. The minimum absolute atomic E-state index is 0.114. The van der Waals surface area contributed by atoms with E-state index in [9.17, 15) is 0 Å². The lowest BCUT2D eigenvalue weighted by Crippen LogP contribution is -2.10. The number of nitrogens with one attached hydrogen (secondary N) is 1. The van der Waals surface area contributed by atoms with Crippen molar-refractivity contribution in [3.8, 4) is 11.4 Å². The van der Waals surface area contributed by atoms with E-state index in [1.807, 2.05) is 12.1 Å². The van der Waals surface area contributed by atoms with E-state index in [2.05, 4.69) is 48.9 Å². The lowest BCUT2D eigenvalue weighted by molar-refractivity contribution is 0.591. The SMILES string of the molecule is CC(C)(C)c1ccc2[nH]c(-c3ncccc3Cl)c(CCCCN)c2c1. The number of hydrogen-bond donors (Lipinski definition) is 2. The molecule has 0 unspecified atom stereocenters. The molecular weight excluding hydrogens is 330 g/mol. The molecule has 0 amide bonds. The van der Waals surface area contributed by atoms with Crippen molar-refractivity contribution in [2.24, 2.45) is 5.73 Å². The van der Waals surface area contributed by atoms with Crippen LogP contribution in [0.25, 0.3) is 22.3 Å². The zero-order valence-electron chi connectivity index (χ0n) is 15.2. The van der Waals surface area contributed by atoms with Crippen LogP contribution in [0.1, 0.15) is 44.7 Å². The predicted octanol–water partition coefficient (Wildman–Crippen LogP) is 5.46. The second kappa shape index (κ2) is 7.19. The Kier molecular flexibility index (Phi) is 5.16. The standard InChI is InChI=1S/C21H26ClN3/c1-21(2,3)14-9-10-18-16(13-14)15(7-4-5-11-23)19(25-18)20-17(22)8-6-12-24-20/h6,8-10,12-13,25H,4-5,7,11,23H2,1-3H3. The largest absolute Gasteiger partial charge is 0.353 e. The van der Waals surface area contributed by atoms with E-state index in [1.54, 1.807) is 6.20 Å². The van der Waals surface area contributed by atoms with Gasteiger partial charge in [0.15, 0.2) is 0 Å². The Morgan fingerprint density at radius 3 is 2.64 bits per heavy atom. The van der Waals surface area contributed by atoms with Gasteiger partial charge >= 0.3 is 0 Å². The number of halogens is 1. The van der Waals surface area contributed by atoms with E-state index < -0.39 is 0 Å². The first kappa shape index (κ1) is 18.0. The Balaban J connectivity index is 2.18. The summed E-state index contributed by atoms with van der Waals surface area (Å²) in [5.41, 5.74) is 11.4. The van der Waals surface area contributed by atoms with Gasteiger partial charge in [-0.05, 0) is 66.6 Å². The maximum Gasteiger partial charge on any atom is 0.105 e. The lowest BCUT2D eigenvalue weighted by Gasteiger charge is -2.19. The smallest absolute Gasteiger partial charge is 0.105 e. The Hall–Kier alpha value is -1.84. The molecule has 0 spiro atoms. The van der Waals surface area contributed by atoms with Crippen LogP contribution in [-0.2, 0) is 11.8 Å². The number of H-pyrrole nitrogens is 1. The molecule has 0 fully saturated rings. The van der Waals surface area contributed by atoms with Crippen molar-refractivity contribution >= 4 is 22.5 Å². The molecule has 0 radical (unpaired) electrons. The minimum atomic E-state index is 0.114. The molecule has 2 aromatic heterocycles. The Bertz CT molecular complexity index is 874. The van der Waals surface area contributed by atoms with Crippen LogP contribution in [0.5, 0.6) is 0 Å². The summed E-state index contributed by atoms with van der Waals surface area (Å²) in [6.45, 7) is 7.44. The second-order valence-electron chi connectivity index (χ2n) is 7.57. The van der Waals surface area contributed by atoms with Crippen molar-refractivity contribution < 1.29 is 0 Å². The maximum atomic E-state index is 6.42. The Morgan fingerprint density at radius 1 is 1.16 bits per heavy atom. The Morgan fingerprint density at radius 2 is 1.96 bits per heavy atom. The number of nitrogens with zero attached hydrogens (tertiary/aromatic N) is 1. The number of aromatic amines is 1. The molecule has 0 aliphatic heterocycles. The van der Waals surface area contributed by atoms with Crippen LogP contribution >= 0.6 is 11.6 Å². The first-order chi connectivity index (χ1) is 11.9. The van der Waals surface area contributed by atoms with E-state index in [0.29, 0.717) is 5.02 Å². The number of benzene rings is 1. The molecule has 3 nitrogen and oxygen atoms in total. The van der Waals surface area contributed by atoms with E-state index in [-0.39, 0.29) is 5.41 Å². The fourth-order valence-electron chi connectivity index (χ4n) is 3.19. The summed E-state index contributed by atoms with van der Waals surface area (Å²) in [5, 5.41) is 1.94. The molecule has 132 valence electrons. The van der Waals surface area contributed by atoms with Crippen LogP contribution in [0, 0.1) is 0 Å². The summed E-state index contributed by atoms with van der Waals surface area (Å²) in [6, 6.07) is 10.4. The third-order valence-electron chi connectivity index (χ3n) is 4.65. The fraction of sp³-hybridized carbons (Fsp3) is 0.381. The first-order valence-corrected chi connectivity index (χ1v) is 9.25. The Labute approximate surface area is 154 Å². The number of pyridine rings is 1. The molecule has 0 saturated heterocycles. The first-order valence-electron chi connectivity index (χ1n) is 8.88. The molecule has 1 aromatic carbocycles. The van der Waals surface area contributed by atoms with Crippen molar-refractivity contribution in [2.45, 2.75) is 45.4 Å². The van der Waals surface area contributed by atoms with E-state index >= 15 is 0 Å². The molecular formula is C21H26ClN3. The average Bonchev–Trinajstić information content (AvgIpc) is 2.92. The van der Waals surface area contributed by atoms with Gasteiger partial charge in [-0.15, -0.1) is 0 Å². The summed E-state index contributed by atoms with van der Waals surface area (Å²) in [4.78, 5) is 8.06. The van der Waals surface area contributed by atoms with Crippen molar-refractivity contribution in [3.63, 3.8) is 0 Å². The van der Waals surface area contributed by atoms with Gasteiger partial charge in [0.1, 0.15) is 5.69 Å². The van der Waals surface area contributed by atoms with Crippen LogP contribution in [0.2, 0.25) is 5.02 Å². The summed E-state index contributed by atoms with van der Waals surface area (Å²) in [6.07, 6.45) is 4.83. The van der Waals surface area contributed by atoms with Gasteiger partial charge in [-0.1, -0.05) is 38.4 Å². The molecule has 2 heterocycles. The maximum absolute atomic E-state index is 6.42. The van der Waals surface area contributed by atoms with Gasteiger partial charge < -0.3 is 10.7 Å². The van der Waals surface area contributed by atoms with Gasteiger partial charge in [0, 0.05) is 17.1 Å². The van der Waals surface area contributed by atoms with Crippen molar-refractivity contribution in [1.82, 2.24) is 9.97 Å². The summed E-state index contributed by atoms with van der Waals surface area (Å²) >= 11 is 6.42. The zero-order chi connectivity index (χ0) is 18.0. The molecule has 3 rings (SSSR count). The van der Waals surface area contributed by atoms with E-state index in [4.69, 9.17) is 17.3 Å². The van der Waals surface area contributed by atoms with Crippen LogP contribution < -0.4 is 5.73 Å². The van der Waals surface area contributed by atoms with Crippen LogP contribution in [0.3, 0.4) is 0 Å². The number of nitrogens with two attached hydrogens (primary N) is 1. The molecule has 25 heavy (non-hydrogen) atoms. The normalized spacial score (nSPS) is 12.0. The number of fused-ring (bicyclic) bond motifs is 1. The number of aryl methyl sites for hydroxylation is 1. The number of unbranched alkanes of at least 4 members (excludes halogenated alkanes) is 1. The highest BCUT2D eigenvalue weighted by atomic mass is 35.5. The average molecular weight is 356 g/mol. The highest BCUT2D eigenvalue weighted by molar-refractivity contribution is 6.33. The summed E-state index contributed by atoms with van der Waals surface area (Å²) in [5.74, 6) is 0. The number of aromatic nitrogens is 2. The van der Waals surface area contributed by atoms with Crippen molar-refractivity contribution in [2.75, 3.05) is 6.54 Å². The topological polar surface area (TPSA) is 54.7 Å². The molecule has 0 saturated carbocycles. The molecule has 0 aliphatic rings. The van der Waals surface area contributed by atoms with Crippen LogP contribution in [-0.4, -0.2) is 16.5 Å².